The van der Waals surface area contributed by atoms with Crippen LogP contribution in [0, 0.1) is 5.41 Å². The molecule has 104 valence electrons. The summed E-state index contributed by atoms with van der Waals surface area (Å²) < 4.78 is 5.64. The fourth-order valence-electron chi connectivity index (χ4n) is 2.43. The SMILES string of the molecule is CN(Cc1cc2ccccc2o1)C(=O)C1(C(=O)O)CC1. The number of para-hydroxylation sites is 1. The first kappa shape index (κ1) is 12.7. The molecule has 0 spiro atoms. The van der Waals surface area contributed by atoms with Crippen LogP contribution in [0.15, 0.2) is 34.7 Å². The molecular formula is C15H15NO4. The molecule has 1 aromatic carbocycles. The Kier molecular flexibility index (Phi) is 2.78. The zero-order chi connectivity index (χ0) is 14.3. The van der Waals surface area contributed by atoms with Gasteiger partial charge in [0, 0.05) is 12.4 Å². The average molecular weight is 273 g/mol. The topological polar surface area (TPSA) is 70.8 Å². The van der Waals surface area contributed by atoms with Crippen molar-refractivity contribution in [3.63, 3.8) is 0 Å². The predicted molar refractivity (Wildman–Crippen MR) is 72.0 cm³/mol. The first-order chi connectivity index (χ1) is 9.53. The molecule has 0 unspecified atom stereocenters. The standard InChI is InChI=1S/C15H15NO4/c1-16(13(17)15(6-7-15)14(18)19)9-11-8-10-4-2-3-5-12(10)20-11/h2-5,8H,6-7,9H2,1H3,(H,18,19). The highest BCUT2D eigenvalue weighted by molar-refractivity contribution is 6.04. The van der Waals surface area contributed by atoms with Gasteiger partial charge in [0.05, 0.1) is 6.54 Å². The van der Waals surface area contributed by atoms with Crippen LogP contribution in [0.5, 0.6) is 0 Å². The zero-order valence-electron chi connectivity index (χ0n) is 11.1. The third-order valence-electron chi connectivity index (χ3n) is 3.79. The number of hydrogen-bond acceptors (Lipinski definition) is 3. The molecule has 3 rings (SSSR count). The third-order valence-corrected chi connectivity index (χ3v) is 3.79. The van der Waals surface area contributed by atoms with Crippen molar-refractivity contribution >= 4 is 22.8 Å². The molecule has 2 aromatic rings. The van der Waals surface area contributed by atoms with Crippen molar-refractivity contribution in [3.8, 4) is 0 Å². The molecule has 5 heteroatoms. The number of carboxylic acid groups (broad SMARTS) is 1. The molecular weight excluding hydrogens is 258 g/mol. The van der Waals surface area contributed by atoms with Crippen molar-refractivity contribution in [1.82, 2.24) is 4.90 Å². The second-order valence-corrected chi connectivity index (χ2v) is 5.30. The van der Waals surface area contributed by atoms with Crippen molar-refractivity contribution in [1.29, 1.82) is 0 Å². The molecule has 1 saturated carbocycles. The minimum absolute atomic E-state index is 0.280. The third kappa shape index (κ3) is 1.95. The lowest BCUT2D eigenvalue weighted by Crippen LogP contribution is -2.38. The lowest BCUT2D eigenvalue weighted by molar-refractivity contribution is -0.153. The molecule has 0 radical (unpaired) electrons. The minimum atomic E-state index is -1.19. The normalized spacial score (nSPS) is 16.1. The molecule has 1 aliphatic rings. The van der Waals surface area contributed by atoms with E-state index in [2.05, 4.69) is 0 Å². The Morgan fingerprint density at radius 3 is 2.65 bits per heavy atom. The summed E-state index contributed by atoms with van der Waals surface area (Å²) in [5.41, 5.74) is -0.427. The maximum Gasteiger partial charge on any atom is 0.319 e. The van der Waals surface area contributed by atoms with Crippen molar-refractivity contribution in [2.45, 2.75) is 19.4 Å². The number of benzene rings is 1. The number of carboxylic acids is 1. The summed E-state index contributed by atoms with van der Waals surface area (Å²) in [5.74, 6) is -0.715. The number of carbonyl (C=O) groups is 2. The molecule has 0 aliphatic heterocycles. The summed E-state index contributed by atoms with van der Waals surface area (Å²) in [7, 11) is 1.61. The van der Waals surface area contributed by atoms with E-state index in [0.29, 0.717) is 18.6 Å². The Morgan fingerprint density at radius 1 is 1.35 bits per heavy atom. The highest BCUT2D eigenvalue weighted by Gasteiger charge is 2.58. The van der Waals surface area contributed by atoms with Crippen LogP contribution in [-0.2, 0) is 16.1 Å². The number of carbonyl (C=O) groups excluding carboxylic acids is 1. The zero-order valence-corrected chi connectivity index (χ0v) is 11.1. The first-order valence-electron chi connectivity index (χ1n) is 6.49. The van der Waals surface area contributed by atoms with Crippen LogP contribution in [0.3, 0.4) is 0 Å². The Morgan fingerprint density at radius 2 is 2.05 bits per heavy atom. The highest BCUT2D eigenvalue weighted by Crippen LogP contribution is 2.47. The van der Waals surface area contributed by atoms with Gasteiger partial charge in [0.2, 0.25) is 5.91 Å². The van der Waals surface area contributed by atoms with Gasteiger partial charge in [-0.3, -0.25) is 9.59 Å². The Labute approximate surface area is 115 Å². The van der Waals surface area contributed by atoms with Gasteiger partial charge in [-0.05, 0) is 25.0 Å². The number of nitrogens with zero attached hydrogens (tertiary/aromatic N) is 1. The van der Waals surface area contributed by atoms with Gasteiger partial charge in [0.25, 0.3) is 0 Å². The van der Waals surface area contributed by atoms with Gasteiger partial charge in [-0.25, -0.2) is 0 Å². The quantitative estimate of drug-likeness (QED) is 0.867. The molecule has 0 bridgehead atoms. The monoisotopic (exact) mass is 273 g/mol. The maximum atomic E-state index is 12.2. The molecule has 1 heterocycles. The van der Waals surface area contributed by atoms with Crippen molar-refractivity contribution in [2.75, 3.05) is 7.05 Å². The van der Waals surface area contributed by atoms with Crippen molar-refractivity contribution in [3.05, 3.63) is 36.1 Å². The smallest absolute Gasteiger partial charge is 0.319 e. The van der Waals surface area contributed by atoms with Crippen LogP contribution in [0.1, 0.15) is 18.6 Å². The molecule has 0 saturated heterocycles. The number of hydrogen-bond donors (Lipinski definition) is 1. The van der Waals surface area contributed by atoms with Crippen molar-refractivity contribution in [2.24, 2.45) is 5.41 Å². The van der Waals surface area contributed by atoms with E-state index in [0.717, 1.165) is 11.0 Å². The average Bonchev–Trinajstić information content (AvgIpc) is 3.13. The molecule has 1 aliphatic carbocycles. The summed E-state index contributed by atoms with van der Waals surface area (Å²) in [5, 5.41) is 10.1. The van der Waals surface area contributed by atoms with E-state index in [4.69, 9.17) is 9.52 Å². The fraction of sp³-hybridized carbons (Fsp3) is 0.333. The molecule has 5 nitrogen and oxygen atoms in total. The molecule has 0 atom stereocenters. The molecule has 1 N–H and O–H groups in total. The molecule has 1 amide bonds. The van der Waals surface area contributed by atoms with Crippen LogP contribution in [-0.4, -0.2) is 28.9 Å². The largest absolute Gasteiger partial charge is 0.480 e. The Hall–Kier alpha value is -2.30. The summed E-state index contributed by atoms with van der Waals surface area (Å²) >= 11 is 0. The predicted octanol–water partition coefficient (Wildman–Crippen LogP) is 2.26. The molecule has 1 aromatic heterocycles. The second-order valence-electron chi connectivity index (χ2n) is 5.30. The lowest BCUT2D eigenvalue weighted by Gasteiger charge is -2.19. The fourth-order valence-corrected chi connectivity index (χ4v) is 2.43. The van der Waals surface area contributed by atoms with E-state index in [1.54, 1.807) is 7.05 Å². The second kappa shape index (κ2) is 4.37. The van der Waals surface area contributed by atoms with E-state index < -0.39 is 11.4 Å². The number of rotatable bonds is 4. The summed E-state index contributed by atoms with van der Waals surface area (Å²) in [6.07, 6.45) is 0.845. The number of furan rings is 1. The lowest BCUT2D eigenvalue weighted by atomic mass is 10.1. The summed E-state index contributed by atoms with van der Waals surface area (Å²) in [6.45, 7) is 0.280. The van der Waals surface area contributed by atoms with Gasteiger partial charge < -0.3 is 14.4 Å². The van der Waals surface area contributed by atoms with Gasteiger partial charge in [-0.1, -0.05) is 18.2 Å². The number of aliphatic carboxylic acids is 1. The van der Waals surface area contributed by atoms with Crippen LogP contribution in [0.2, 0.25) is 0 Å². The maximum absolute atomic E-state index is 12.2. The highest BCUT2D eigenvalue weighted by atomic mass is 16.4. The molecule has 1 fully saturated rings. The summed E-state index contributed by atoms with van der Waals surface area (Å²) in [6, 6.07) is 9.47. The first-order valence-corrected chi connectivity index (χ1v) is 6.49. The van der Waals surface area contributed by atoms with Crippen LogP contribution < -0.4 is 0 Å². The van der Waals surface area contributed by atoms with Gasteiger partial charge in [0.15, 0.2) is 0 Å². The van der Waals surface area contributed by atoms with Gasteiger partial charge in [-0.15, -0.1) is 0 Å². The number of amides is 1. The van der Waals surface area contributed by atoms with E-state index in [-0.39, 0.29) is 12.5 Å². The minimum Gasteiger partial charge on any atom is -0.480 e. The Balaban J connectivity index is 1.77. The summed E-state index contributed by atoms with van der Waals surface area (Å²) in [4.78, 5) is 24.8. The van der Waals surface area contributed by atoms with E-state index in [9.17, 15) is 9.59 Å². The van der Waals surface area contributed by atoms with Crippen LogP contribution in [0.25, 0.3) is 11.0 Å². The van der Waals surface area contributed by atoms with Crippen LogP contribution in [0.4, 0.5) is 0 Å². The Bertz CT molecular complexity index is 651. The van der Waals surface area contributed by atoms with E-state index in [1.165, 1.54) is 4.90 Å². The van der Waals surface area contributed by atoms with Crippen molar-refractivity contribution < 1.29 is 19.1 Å². The van der Waals surface area contributed by atoms with E-state index in [1.807, 2.05) is 30.3 Å². The number of fused-ring (bicyclic) bond motifs is 1. The molecule has 20 heavy (non-hydrogen) atoms. The van der Waals surface area contributed by atoms with Gasteiger partial charge in [-0.2, -0.15) is 0 Å². The van der Waals surface area contributed by atoms with E-state index >= 15 is 0 Å². The van der Waals surface area contributed by atoms with Crippen LogP contribution >= 0.6 is 0 Å². The van der Waals surface area contributed by atoms with Gasteiger partial charge >= 0.3 is 5.97 Å². The van der Waals surface area contributed by atoms with Gasteiger partial charge in [0.1, 0.15) is 16.8 Å².